The van der Waals surface area contributed by atoms with Crippen LogP contribution >= 0.6 is 15.6 Å². The third kappa shape index (κ3) is 5.59. The van der Waals surface area contributed by atoms with E-state index >= 15 is 0 Å². The molecule has 0 saturated carbocycles. The van der Waals surface area contributed by atoms with E-state index in [2.05, 4.69) is 28.3 Å². The molecule has 0 aromatic carbocycles. The molecule has 0 radical (unpaired) electrons. The molecule has 2 aliphatic rings. The van der Waals surface area contributed by atoms with Gasteiger partial charge >= 0.3 is 15.6 Å². The van der Waals surface area contributed by atoms with E-state index in [0.29, 0.717) is 0 Å². The van der Waals surface area contributed by atoms with Crippen LogP contribution in [0.5, 0.6) is 0 Å². The molecule has 2 aromatic heterocycles. The second kappa shape index (κ2) is 10.2. The molecular formula is C15H22N4O15P2. The monoisotopic (exact) mass is 560 g/mol. The van der Waals surface area contributed by atoms with Crippen LogP contribution in [0.3, 0.4) is 0 Å². The average Bonchev–Trinajstić information content (AvgIpc) is 3.42. The Hall–Kier alpha value is -1.67. The zero-order chi connectivity index (χ0) is 26.4. The van der Waals surface area contributed by atoms with Crippen LogP contribution < -0.4 is 5.56 Å². The van der Waals surface area contributed by atoms with Crippen LogP contribution in [0, 0.1) is 0 Å². The van der Waals surface area contributed by atoms with Crippen LogP contribution in [0.2, 0.25) is 0 Å². The van der Waals surface area contributed by atoms with Crippen molar-refractivity contribution in [3.05, 3.63) is 23.0 Å². The number of aliphatic hydroxyl groups is 5. The SMILES string of the molecule is O=c1[nH]cnc2c1ncn2[C@@H]1O[C@H](COP(=O)(O)OP(=O)(O)OC[C@H]2O[C@@H](O)[C@H](O)[C@@H]2O)[C@@H](O)[C@H]1O. The lowest BCUT2D eigenvalue weighted by Crippen LogP contribution is -2.34. The normalized spacial score (nSPS) is 36.2. The van der Waals surface area contributed by atoms with Gasteiger partial charge in [-0.3, -0.25) is 18.4 Å². The molecule has 0 amide bonds. The second-order valence-corrected chi connectivity index (χ2v) is 10.8. The molecular weight excluding hydrogens is 538 g/mol. The van der Waals surface area contributed by atoms with Gasteiger partial charge in [-0.1, -0.05) is 0 Å². The first-order valence-corrected chi connectivity index (χ1v) is 13.1. The Kier molecular flexibility index (Phi) is 7.78. The summed E-state index contributed by atoms with van der Waals surface area (Å²) in [5, 5.41) is 48.9. The van der Waals surface area contributed by atoms with Crippen LogP contribution in [0.4, 0.5) is 0 Å². The van der Waals surface area contributed by atoms with Crippen molar-refractivity contribution in [2.24, 2.45) is 0 Å². The summed E-state index contributed by atoms with van der Waals surface area (Å²) in [4.78, 5) is 41.4. The maximum absolute atomic E-state index is 12.1. The molecule has 4 heterocycles. The van der Waals surface area contributed by atoms with E-state index in [1.165, 1.54) is 0 Å². The van der Waals surface area contributed by atoms with Gasteiger partial charge in [-0.05, 0) is 0 Å². The van der Waals surface area contributed by atoms with Crippen molar-refractivity contribution < 1.29 is 67.3 Å². The Labute approximate surface area is 199 Å². The minimum absolute atomic E-state index is 0.0162. The third-order valence-corrected chi connectivity index (χ3v) is 7.93. The van der Waals surface area contributed by atoms with Crippen molar-refractivity contribution in [2.75, 3.05) is 13.2 Å². The highest BCUT2D eigenvalue weighted by atomic mass is 31.3. The number of fused-ring (bicyclic) bond motifs is 1. The molecule has 2 aromatic rings. The first-order valence-electron chi connectivity index (χ1n) is 10.1. The predicted octanol–water partition coefficient (Wildman–Crippen LogP) is -3.57. The number of hydrogen-bond donors (Lipinski definition) is 8. The molecule has 0 bridgehead atoms. The van der Waals surface area contributed by atoms with E-state index in [4.69, 9.17) is 9.47 Å². The Morgan fingerprint density at radius 2 is 1.50 bits per heavy atom. The summed E-state index contributed by atoms with van der Waals surface area (Å²) in [5.41, 5.74) is -0.626. The number of nitrogens with zero attached hydrogens (tertiary/aromatic N) is 3. The fraction of sp³-hybridized carbons (Fsp3) is 0.667. The summed E-state index contributed by atoms with van der Waals surface area (Å²) in [7, 11) is -10.6. The van der Waals surface area contributed by atoms with Gasteiger partial charge in [0.05, 0.1) is 25.9 Å². The zero-order valence-corrected chi connectivity index (χ0v) is 19.6. The minimum atomic E-state index is -5.33. The van der Waals surface area contributed by atoms with Gasteiger partial charge in [-0.25, -0.2) is 19.1 Å². The highest BCUT2D eigenvalue weighted by molar-refractivity contribution is 7.61. The van der Waals surface area contributed by atoms with E-state index < -0.39 is 83.6 Å². The number of hydrogen-bond acceptors (Lipinski definition) is 15. The number of ether oxygens (including phenoxy) is 2. The molecule has 21 heteroatoms. The third-order valence-electron chi connectivity index (χ3n) is 5.32. The van der Waals surface area contributed by atoms with E-state index in [-0.39, 0.29) is 11.2 Å². The van der Waals surface area contributed by atoms with E-state index in [1.54, 1.807) is 0 Å². The summed E-state index contributed by atoms with van der Waals surface area (Å²) >= 11 is 0. The first kappa shape index (κ1) is 27.4. The van der Waals surface area contributed by atoms with Gasteiger partial charge in [-0.15, -0.1) is 0 Å². The second-order valence-electron chi connectivity index (χ2n) is 7.76. The predicted molar refractivity (Wildman–Crippen MR) is 110 cm³/mol. The van der Waals surface area contributed by atoms with Crippen molar-refractivity contribution in [1.82, 2.24) is 19.5 Å². The Balaban J connectivity index is 1.34. The molecule has 10 atom stereocenters. The van der Waals surface area contributed by atoms with E-state index in [9.17, 15) is 49.2 Å². The van der Waals surface area contributed by atoms with Crippen molar-refractivity contribution in [2.45, 2.75) is 49.1 Å². The Morgan fingerprint density at radius 3 is 2.08 bits per heavy atom. The van der Waals surface area contributed by atoms with Gasteiger partial charge in [0.25, 0.3) is 5.56 Å². The van der Waals surface area contributed by atoms with Gasteiger partial charge in [0.15, 0.2) is 23.7 Å². The maximum atomic E-state index is 12.1. The molecule has 0 spiro atoms. The lowest BCUT2D eigenvalue weighted by molar-refractivity contribution is -0.132. The van der Waals surface area contributed by atoms with Crippen LogP contribution in [-0.2, 0) is 32.0 Å². The molecule has 2 aliphatic heterocycles. The number of aliphatic hydroxyl groups excluding tert-OH is 5. The lowest BCUT2D eigenvalue weighted by atomic mass is 10.1. The topological polar surface area (TPSA) is 285 Å². The van der Waals surface area contributed by atoms with Crippen molar-refractivity contribution in [3.63, 3.8) is 0 Å². The smallest absolute Gasteiger partial charge is 0.387 e. The van der Waals surface area contributed by atoms with Crippen molar-refractivity contribution in [3.8, 4) is 0 Å². The van der Waals surface area contributed by atoms with Crippen molar-refractivity contribution in [1.29, 1.82) is 0 Å². The number of imidazole rings is 1. The highest BCUT2D eigenvalue weighted by Crippen LogP contribution is 2.60. The largest absolute Gasteiger partial charge is 0.481 e. The minimum Gasteiger partial charge on any atom is -0.387 e. The lowest BCUT2D eigenvalue weighted by Gasteiger charge is -2.20. The van der Waals surface area contributed by atoms with Gasteiger partial charge in [0, 0.05) is 0 Å². The van der Waals surface area contributed by atoms with Crippen LogP contribution in [0.1, 0.15) is 6.23 Å². The maximum Gasteiger partial charge on any atom is 0.481 e. The van der Waals surface area contributed by atoms with Gasteiger partial charge in [0.1, 0.15) is 36.6 Å². The summed E-state index contributed by atoms with van der Waals surface area (Å²) < 4.78 is 48.6. The molecule has 8 N–H and O–H groups in total. The number of aromatic amines is 1. The van der Waals surface area contributed by atoms with E-state index in [1.807, 2.05) is 0 Å². The molecule has 2 fully saturated rings. The number of rotatable bonds is 9. The quantitative estimate of drug-likeness (QED) is 0.138. The Morgan fingerprint density at radius 1 is 0.917 bits per heavy atom. The van der Waals surface area contributed by atoms with Gasteiger partial charge in [0.2, 0.25) is 0 Å². The molecule has 2 saturated heterocycles. The van der Waals surface area contributed by atoms with Crippen LogP contribution in [0.25, 0.3) is 11.2 Å². The fourth-order valence-corrected chi connectivity index (χ4v) is 5.62. The molecule has 202 valence electrons. The number of phosphoric ester groups is 2. The van der Waals surface area contributed by atoms with Gasteiger partial charge < -0.3 is 49.8 Å². The first-order chi connectivity index (χ1) is 16.8. The number of nitrogens with one attached hydrogen (secondary N) is 1. The molecule has 19 nitrogen and oxygen atoms in total. The number of H-pyrrole nitrogens is 1. The van der Waals surface area contributed by atoms with Gasteiger partial charge in [-0.2, -0.15) is 4.31 Å². The molecule has 0 aliphatic carbocycles. The van der Waals surface area contributed by atoms with Crippen molar-refractivity contribution >= 4 is 26.8 Å². The molecule has 4 rings (SSSR count). The molecule has 36 heavy (non-hydrogen) atoms. The standard InChI is InChI=1S/C15H22N4O15P2/c20-8-5(32-14(10(8)22)19-4-18-7-12(19)16-3-17-13(7)24)1-30-35(26,27)34-36(28,29)31-2-6-9(21)11(23)15(25)33-6/h3-6,8-11,14-15,20-23,25H,1-2H2,(H,26,27)(H,28,29)(H,16,17,24)/t5-,6-,8-,9-,10-,11-,14-,15-/m1/s1. The highest BCUT2D eigenvalue weighted by Gasteiger charge is 2.47. The average molecular weight is 560 g/mol. The van der Waals surface area contributed by atoms with E-state index in [0.717, 1.165) is 17.2 Å². The summed E-state index contributed by atoms with van der Waals surface area (Å²) in [6.45, 7) is -1.83. The Bertz CT molecular complexity index is 1240. The van der Waals surface area contributed by atoms with Crippen LogP contribution in [0.15, 0.2) is 17.4 Å². The van der Waals surface area contributed by atoms with Crippen LogP contribution in [-0.4, -0.2) is 111 Å². The molecule has 2 unspecified atom stereocenters. The number of aromatic nitrogens is 4. The summed E-state index contributed by atoms with van der Waals surface area (Å²) in [6.07, 6.45) is -10.5. The zero-order valence-electron chi connectivity index (χ0n) is 17.8. The summed E-state index contributed by atoms with van der Waals surface area (Å²) in [5.74, 6) is 0. The summed E-state index contributed by atoms with van der Waals surface area (Å²) in [6, 6.07) is 0. The number of phosphoric acid groups is 2. The fourth-order valence-electron chi connectivity index (χ4n) is 3.53.